The van der Waals surface area contributed by atoms with Crippen molar-refractivity contribution in [3.8, 4) is 0 Å². The molecule has 0 radical (unpaired) electrons. The molecule has 2 rings (SSSR count). The van der Waals surface area contributed by atoms with Gasteiger partial charge in [0.15, 0.2) is 0 Å². The van der Waals surface area contributed by atoms with Gasteiger partial charge in [0.05, 0.1) is 54.4 Å². The first-order chi connectivity index (χ1) is 8.91. The lowest BCUT2D eigenvalue weighted by atomic mass is 9.98. The van der Waals surface area contributed by atoms with Crippen molar-refractivity contribution < 1.29 is 33.8 Å². The van der Waals surface area contributed by atoms with Crippen LogP contribution in [0.5, 0.6) is 0 Å². The monoisotopic (exact) mass is 356 g/mol. The van der Waals surface area contributed by atoms with Gasteiger partial charge in [-0.15, -0.1) is 0 Å². The number of hydrogen-bond acceptors (Lipinski definition) is 2. The number of hydrogen-bond donors (Lipinski definition) is 2. The molecular formula is C16H38Cl2N4. The zero-order valence-corrected chi connectivity index (χ0v) is 17.4. The Kier molecular flexibility index (Phi) is 9.53. The van der Waals surface area contributed by atoms with Gasteiger partial charge in [-0.2, -0.15) is 0 Å². The third-order valence-electron chi connectivity index (χ3n) is 6.09. The summed E-state index contributed by atoms with van der Waals surface area (Å²) >= 11 is 0. The number of nitrogens with zero attached hydrogens (tertiary/aromatic N) is 2. The Bertz CT molecular complexity index is 264. The number of nitrogens with one attached hydrogen (secondary N) is 2. The van der Waals surface area contributed by atoms with E-state index in [0.29, 0.717) is 11.1 Å². The van der Waals surface area contributed by atoms with Crippen molar-refractivity contribution in [2.24, 2.45) is 0 Å². The van der Waals surface area contributed by atoms with Crippen molar-refractivity contribution in [3.63, 3.8) is 0 Å². The van der Waals surface area contributed by atoms with Gasteiger partial charge in [-0.3, -0.25) is 0 Å². The molecule has 0 aromatic heterocycles. The highest BCUT2D eigenvalue weighted by Gasteiger charge is 2.39. The summed E-state index contributed by atoms with van der Waals surface area (Å²) in [4.78, 5) is 0. The van der Waals surface area contributed by atoms with E-state index in [4.69, 9.17) is 0 Å². The minimum absolute atomic E-state index is 0. The summed E-state index contributed by atoms with van der Waals surface area (Å²) in [7, 11) is 9.23. The molecule has 2 aliphatic rings. The van der Waals surface area contributed by atoms with Crippen LogP contribution in [0.4, 0.5) is 0 Å². The molecule has 0 spiro atoms. The molecular weight excluding hydrogens is 319 g/mol. The van der Waals surface area contributed by atoms with Gasteiger partial charge in [0, 0.05) is 13.1 Å². The Balaban J connectivity index is 0. The average molecular weight is 357 g/mol. The smallest absolute Gasteiger partial charge is 0.106 e. The van der Waals surface area contributed by atoms with Crippen molar-refractivity contribution in [1.29, 1.82) is 0 Å². The second-order valence-corrected chi connectivity index (χ2v) is 8.80. The molecule has 2 aliphatic heterocycles. The summed E-state index contributed by atoms with van der Waals surface area (Å²) in [6.07, 6.45) is 0. The molecule has 0 bridgehead atoms. The van der Waals surface area contributed by atoms with Crippen LogP contribution in [0.1, 0.15) is 27.7 Å². The third-order valence-corrected chi connectivity index (χ3v) is 6.09. The van der Waals surface area contributed by atoms with Crippen LogP contribution < -0.4 is 35.4 Å². The predicted molar refractivity (Wildman–Crippen MR) is 87.8 cm³/mol. The van der Waals surface area contributed by atoms with Gasteiger partial charge in [0.25, 0.3) is 0 Å². The fraction of sp³-hybridized carbons (Fsp3) is 1.00. The molecule has 136 valence electrons. The van der Waals surface area contributed by atoms with Crippen molar-refractivity contribution in [2.45, 2.75) is 38.8 Å². The lowest BCUT2D eigenvalue weighted by Crippen LogP contribution is -3.00. The molecule has 6 heteroatoms. The van der Waals surface area contributed by atoms with E-state index in [0.717, 1.165) is 35.1 Å². The normalized spacial score (nSPS) is 27.3. The fourth-order valence-electron chi connectivity index (χ4n) is 2.54. The van der Waals surface area contributed by atoms with Crippen molar-refractivity contribution in [1.82, 2.24) is 10.6 Å². The number of rotatable bonds is 0. The summed E-state index contributed by atoms with van der Waals surface area (Å²) < 4.78 is 2.28. The zero-order valence-electron chi connectivity index (χ0n) is 15.9. The van der Waals surface area contributed by atoms with Crippen molar-refractivity contribution >= 4 is 0 Å². The second-order valence-electron chi connectivity index (χ2n) is 8.80. The molecule has 0 aromatic carbocycles. The SMILES string of the molecule is CC1(C)CNCC[N+]1(C)C.CC1(C)CNCC[N+]1(C)C.[Cl-].[Cl-]. The third kappa shape index (κ3) is 5.81. The molecule has 2 heterocycles. The van der Waals surface area contributed by atoms with E-state index < -0.39 is 0 Å². The molecule has 4 nitrogen and oxygen atoms in total. The number of halogens is 2. The van der Waals surface area contributed by atoms with Crippen LogP contribution in [0.2, 0.25) is 0 Å². The van der Waals surface area contributed by atoms with E-state index in [1.54, 1.807) is 0 Å². The van der Waals surface area contributed by atoms with Gasteiger partial charge in [0.1, 0.15) is 11.1 Å². The van der Waals surface area contributed by atoms with E-state index in [1.165, 1.54) is 13.1 Å². The Morgan fingerprint density at radius 2 is 0.909 bits per heavy atom. The van der Waals surface area contributed by atoms with Crippen LogP contribution >= 0.6 is 0 Å². The van der Waals surface area contributed by atoms with Gasteiger partial charge in [-0.1, -0.05) is 0 Å². The van der Waals surface area contributed by atoms with Gasteiger partial charge in [0.2, 0.25) is 0 Å². The van der Waals surface area contributed by atoms with Gasteiger partial charge >= 0.3 is 0 Å². The molecule has 0 atom stereocenters. The lowest BCUT2D eigenvalue weighted by molar-refractivity contribution is -0.939. The van der Waals surface area contributed by atoms with E-state index >= 15 is 0 Å². The summed E-state index contributed by atoms with van der Waals surface area (Å²) in [6.45, 7) is 16.4. The Morgan fingerprint density at radius 1 is 0.636 bits per heavy atom. The fourth-order valence-corrected chi connectivity index (χ4v) is 2.54. The Labute approximate surface area is 151 Å². The molecule has 22 heavy (non-hydrogen) atoms. The van der Waals surface area contributed by atoms with E-state index in [2.05, 4.69) is 66.5 Å². The van der Waals surface area contributed by atoms with Crippen LogP contribution in [-0.4, -0.2) is 87.5 Å². The molecule has 0 amide bonds. The van der Waals surface area contributed by atoms with Crippen molar-refractivity contribution in [2.75, 3.05) is 67.5 Å². The Morgan fingerprint density at radius 3 is 1.05 bits per heavy atom. The summed E-state index contributed by atoms with van der Waals surface area (Å²) in [5.74, 6) is 0. The molecule has 0 unspecified atom stereocenters. The maximum absolute atomic E-state index is 3.42. The highest BCUT2D eigenvalue weighted by atomic mass is 35.5. The molecule has 0 aromatic rings. The zero-order chi connectivity index (χ0) is 15.7. The maximum atomic E-state index is 3.42. The van der Waals surface area contributed by atoms with Gasteiger partial charge in [-0.25, -0.2) is 0 Å². The van der Waals surface area contributed by atoms with Gasteiger partial charge < -0.3 is 44.4 Å². The first-order valence-electron chi connectivity index (χ1n) is 7.99. The number of quaternary nitrogens is 2. The van der Waals surface area contributed by atoms with Crippen LogP contribution in [0.25, 0.3) is 0 Å². The maximum Gasteiger partial charge on any atom is 0.106 e. The minimum atomic E-state index is 0. The summed E-state index contributed by atoms with van der Waals surface area (Å²) in [5.41, 5.74) is 0.802. The summed E-state index contributed by atoms with van der Waals surface area (Å²) in [5, 5.41) is 6.83. The Hall–Kier alpha value is 0.420. The molecule has 2 fully saturated rings. The highest BCUT2D eigenvalue weighted by molar-refractivity contribution is 4.77. The molecule has 0 aliphatic carbocycles. The van der Waals surface area contributed by atoms with Crippen LogP contribution in [-0.2, 0) is 0 Å². The number of likely N-dealkylation sites (N-methyl/N-ethyl adjacent to an activating group) is 2. The standard InChI is InChI=1S/2C8H19N2.2ClH/c2*1-8(2)7-9-5-6-10(8,3)4;;/h2*9H,5-7H2,1-4H3;2*1H/q2*+1;;/p-2. The average Bonchev–Trinajstić information content (AvgIpc) is 2.28. The van der Waals surface area contributed by atoms with Crippen molar-refractivity contribution in [3.05, 3.63) is 0 Å². The van der Waals surface area contributed by atoms with Crippen LogP contribution in [0.3, 0.4) is 0 Å². The second kappa shape index (κ2) is 8.50. The quantitative estimate of drug-likeness (QED) is 0.424. The van der Waals surface area contributed by atoms with E-state index in [1.807, 2.05) is 0 Å². The largest absolute Gasteiger partial charge is 1.00 e. The van der Waals surface area contributed by atoms with E-state index in [-0.39, 0.29) is 24.8 Å². The predicted octanol–water partition coefficient (Wildman–Crippen LogP) is -5.10. The molecule has 2 saturated heterocycles. The minimum Gasteiger partial charge on any atom is -1.00 e. The van der Waals surface area contributed by atoms with Gasteiger partial charge in [-0.05, 0) is 27.7 Å². The molecule has 2 N–H and O–H groups in total. The highest BCUT2D eigenvalue weighted by Crippen LogP contribution is 2.21. The topological polar surface area (TPSA) is 24.1 Å². The summed E-state index contributed by atoms with van der Waals surface area (Å²) in [6, 6.07) is 0. The molecule has 0 saturated carbocycles. The first-order valence-corrected chi connectivity index (χ1v) is 7.99. The first kappa shape index (κ1) is 24.7. The van der Waals surface area contributed by atoms with Crippen LogP contribution in [0.15, 0.2) is 0 Å². The number of piperazine rings is 2. The van der Waals surface area contributed by atoms with E-state index in [9.17, 15) is 0 Å². The van der Waals surface area contributed by atoms with Crippen LogP contribution in [0, 0.1) is 0 Å². The lowest BCUT2D eigenvalue weighted by Gasteiger charge is -2.48.